The van der Waals surface area contributed by atoms with E-state index < -0.39 is 12.0 Å². The summed E-state index contributed by atoms with van der Waals surface area (Å²) in [5, 5.41) is 6.79. The molecule has 2 heterocycles. The van der Waals surface area contributed by atoms with E-state index in [9.17, 15) is 13.2 Å². The van der Waals surface area contributed by atoms with Gasteiger partial charge in [-0.2, -0.15) is 22.7 Å². The highest BCUT2D eigenvalue weighted by molar-refractivity contribution is 5.46. The van der Waals surface area contributed by atoms with Crippen LogP contribution in [0.25, 0.3) is 5.78 Å². The lowest BCUT2D eigenvalue weighted by Gasteiger charge is -2.23. The maximum Gasteiger partial charge on any atom is 0.453 e. The minimum absolute atomic E-state index is 0.0257. The first-order valence-electron chi connectivity index (χ1n) is 8.53. The van der Waals surface area contributed by atoms with E-state index in [1.165, 1.54) is 5.56 Å². The van der Waals surface area contributed by atoms with Gasteiger partial charge in [-0.25, -0.2) is 4.98 Å². The van der Waals surface area contributed by atoms with Gasteiger partial charge in [0.1, 0.15) is 5.82 Å². The van der Waals surface area contributed by atoms with Gasteiger partial charge in [0.25, 0.3) is 11.6 Å². The third kappa shape index (κ3) is 4.73. The van der Waals surface area contributed by atoms with Crippen molar-refractivity contribution in [2.24, 2.45) is 0 Å². The molecule has 1 aromatic carbocycles. The van der Waals surface area contributed by atoms with Crippen molar-refractivity contribution in [2.75, 3.05) is 18.9 Å². The Hall–Kier alpha value is -2.68. The van der Waals surface area contributed by atoms with Gasteiger partial charge in [0.2, 0.25) is 0 Å². The smallest absolute Gasteiger partial charge is 0.366 e. The zero-order valence-electron chi connectivity index (χ0n) is 15.3. The van der Waals surface area contributed by atoms with E-state index in [1.807, 2.05) is 32.2 Å². The zero-order chi connectivity index (χ0) is 19.6. The minimum Gasteiger partial charge on any atom is -0.366 e. The summed E-state index contributed by atoms with van der Waals surface area (Å²) in [4.78, 5) is 9.67. The average Bonchev–Trinajstić information content (AvgIpc) is 2.99. The predicted octanol–water partition coefficient (Wildman–Crippen LogP) is 3.38. The largest absolute Gasteiger partial charge is 0.453 e. The van der Waals surface area contributed by atoms with Gasteiger partial charge in [0.05, 0.1) is 0 Å². The second-order valence-electron chi connectivity index (χ2n) is 6.66. The summed E-state index contributed by atoms with van der Waals surface area (Å²) in [6.45, 7) is 5.14. The molecule has 6 nitrogen and oxygen atoms in total. The molecule has 1 N–H and O–H groups in total. The van der Waals surface area contributed by atoms with Gasteiger partial charge in [0.15, 0.2) is 0 Å². The molecule has 1 atom stereocenters. The highest BCUT2D eigenvalue weighted by atomic mass is 19.4. The maximum atomic E-state index is 12.9. The van der Waals surface area contributed by atoms with Crippen molar-refractivity contribution >= 4 is 11.6 Å². The Kier molecular flexibility index (Phi) is 5.31. The highest BCUT2D eigenvalue weighted by Gasteiger charge is 2.36. The number of nitrogens with zero attached hydrogens (tertiary/aromatic N) is 5. The molecule has 0 aliphatic carbocycles. The predicted molar refractivity (Wildman–Crippen MR) is 96.4 cm³/mol. The van der Waals surface area contributed by atoms with Gasteiger partial charge in [0, 0.05) is 30.9 Å². The number of hydrogen-bond donors (Lipinski definition) is 1. The van der Waals surface area contributed by atoms with Crippen molar-refractivity contribution in [3.63, 3.8) is 0 Å². The molecule has 0 aliphatic rings. The number of hydrogen-bond acceptors (Lipinski definition) is 5. The number of fused-ring (bicyclic) bond motifs is 1. The first-order valence-corrected chi connectivity index (χ1v) is 8.53. The number of rotatable bonds is 6. The monoisotopic (exact) mass is 378 g/mol. The SMILES string of the molecule is Cc1cc(NC(C)CN(C)Cc2ccccc2)n2nc(C(F)(F)F)nc2n1. The van der Waals surface area contributed by atoms with Crippen molar-refractivity contribution in [1.29, 1.82) is 0 Å². The van der Waals surface area contributed by atoms with E-state index in [4.69, 9.17) is 0 Å². The van der Waals surface area contributed by atoms with Gasteiger partial charge in [-0.05, 0) is 26.5 Å². The summed E-state index contributed by atoms with van der Waals surface area (Å²) in [6.07, 6.45) is -4.61. The van der Waals surface area contributed by atoms with Crippen LogP contribution in [-0.2, 0) is 12.7 Å². The first-order chi connectivity index (χ1) is 12.7. The lowest BCUT2D eigenvalue weighted by atomic mass is 10.2. The molecule has 0 amide bonds. The number of aromatic nitrogens is 4. The number of benzene rings is 1. The minimum atomic E-state index is -4.61. The van der Waals surface area contributed by atoms with E-state index in [0.717, 1.165) is 11.1 Å². The third-order valence-corrected chi connectivity index (χ3v) is 3.97. The van der Waals surface area contributed by atoms with E-state index in [2.05, 4.69) is 37.4 Å². The first kappa shape index (κ1) is 19.1. The molecule has 27 heavy (non-hydrogen) atoms. The number of halogens is 3. The summed E-state index contributed by atoms with van der Waals surface area (Å²) in [5.74, 6) is -0.840. The molecule has 144 valence electrons. The quantitative estimate of drug-likeness (QED) is 0.713. The lowest BCUT2D eigenvalue weighted by Crippen LogP contribution is -2.32. The summed E-state index contributed by atoms with van der Waals surface area (Å²) in [6, 6.07) is 11.7. The second-order valence-corrected chi connectivity index (χ2v) is 6.66. The van der Waals surface area contributed by atoms with Crippen molar-refractivity contribution in [1.82, 2.24) is 24.5 Å². The van der Waals surface area contributed by atoms with Gasteiger partial charge in [-0.15, -0.1) is 5.10 Å². The van der Waals surface area contributed by atoms with Gasteiger partial charge < -0.3 is 10.2 Å². The van der Waals surface area contributed by atoms with Crippen LogP contribution in [0.4, 0.5) is 19.0 Å². The molecule has 1 unspecified atom stereocenters. The Bertz CT molecular complexity index is 907. The molecule has 0 radical (unpaired) electrons. The van der Waals surface area contributed by atoms with Crippen molar-refractivity contribution in [2.45, 2.75) is 32.6 Å². The van der Waals surface area contributed by atoms with Crippen LogP contribution in [0.1, 0.15) is 24.0 Å². The van der Waals surface area contributed by atoms with Crippen molar-refractivity contribution in [3.05, 3.63) is 53.5 Å². The highest BCUT2D eigenvalue weighted by Crippen LogP contribution is 2.27. The number of anilines is 1. The normalized spacial score (nSPS) is 13.3. The standard InChI is InChI=1S/C18H21F3N6/c1-12-9-15(27-17(23-12)24-16(25-27)18(19,20)21)22-13(2)10-26(3)11-14-7-5-4-6-8-14/h4-9,13,22H,10-11H2,1-3H3. The Morgan fingerprint density at radius 2 is 1.89 bits per heavy atom. The van der Waals surface area contributed by atoms with Crippen LogP contribution in [0.5, 0.6) is 0 Å². The van der Waals surface area contributed by atoms with Crippen LogP contribution in [0.15, 0.2) is 36.4 Å². The Balaban J connectivity index is 1.74. The fraction of sp³-hybridized carbons (Fsp3) is 0.389. The van der Waals surface area contributed by atoms with Crippen molar-refractivity contribution in [3.8, 4) is 0 Å². The number of nitrogens with one attached hydrogen (secondary N) is 1. The van der Waals surface area contributed by atoms with Crippen LogP contribution in [0.2, 0.25) is 0 Å². The Labute approximate surface area is 155 Å². The van der Waals surface area contributed by atoms with Gasteiger partial charge in [-0.1, -0.05) is 30.3 Å². The molecular formula is C18H21F3N6. The average molecular weight is 378 g/mol. The van der Waals surface area contributed by atoms with E-state index in [1.54, 1.807) is 13.0 Å². The fourth-order valence-corrected chi connectivity index (χ4v) is 2.94. The Morgan fingerprint density at radius 1 is 1.19 bits per heavy atom. The van der Waals surface area contributed by atoms with E-state index >= 15 is 0 Å². The molecule has 9 heteroatoms. The van der Waals surface area contributed by atoms with Crippen LogP contribution < -0.4 is 5.32 Å². The Morgan fingerprint density at radius 3 is 2.56 bits per heavy atom. The van der Waals surface area contributed by atoms with Crippen molar-refractivity contribution < 1.29 is 13.2 Å². The van der Waals surface area contributed by atoms with E-state index in [-0.39, 0.29) is 11.8 Å². The molecule has 0 bridgehead atoms. The topological polar surface area (TPSA) is 58.4 Å². The molecule has 0 fully saturated rings. The third-order valence-electron chi connectivity index (χ3n) is 3.97. The molecular weight excluding hydrogens is 357 g/mol. The molecule has 0 aliphatic heterocycles. The summed E-state index contributed by atoms with van der Waals surface area (Å²) in [7, 11) is 2.00. The van der Waals surface area contributed by atoms with E-state index in [0.29, 0.717) is 18.1 Å². The summed E-state index contributed by atoms with van der Waals surface area (Å²) in [5.41, 5.74) is 1.76. The number of likely N-dealkylation sites (N-methyl/N-ethyl adjacent to an activating group) is 1. The van der Waals surface area contributed by atoms with Gasteiger partial charge in [-0.3, -0.25) is 0 Å². The second kappa shape index (κ2) is 7.51. The molecule has 3 rings (SSSR count). The molecule has 2 aromatic heterocycles. The molecule has 0 saturated heterocycles. The van der Waals surface area contributed by atoms with Crippen LogP contribution in [0.3, 0.4) is 0 Å². The molecule has 0 saturated carbocycles. The van der Waals surface area contributed by atoms with Crippen LogP contribution in [0, 0.1) is 6.92 Å². The summed E-state index contributed by atoms with van der Waals surface area (Å²) >= 11 is 0. The maximum absolute atomic E-state index is 12.9. The van der Waals surface area contributed by atoms with Gasteiger partial charge >= 0.3 is 6.18 Å². The zero-order valence-corrected chi connectivity index (χ0v) is 15.3. The molecule has 0 spiro atoms. The van der Waals surface area contributed by atoms with Crippen LogP contribution >= 0.6 is 0 Å². The number of aryl methyl sites for hydroxylation is 1. The number of alkyl halides is 3. The lowest BCUT2D eigenvalue weighted by molar-refractivity contribution is -0.144. The van der Waals surface area contributed by atoms with Crippen LogP contribution in [-0.4, -0.2) is 44.1 Å². The fourth-order valence-electron chi connectivity index (χ4n) is 2.94. The summed E-state index contributed by atoms with van der Waals surface area (Å²) < 4.78 is 39.8. The molecule has 3 aromatic rings.